The minimum absolute atomic E-state index is 0.0952. The lowest BCUT2D eigenvalue weighted by Gasteiger charge is -2.19. The highest BCUT2D eigenvalue weighted by Crippen LogP contribution is 2.34. The molecular formula is C15H16Br2O. The molecule has 0 aliphatic rings. The highest BCUT2D eigenvalue weighted by molar-refractivity contribution is 9.10. The van der Waals surface area contributed by atoms with E-state index in [1.165, 1.54) is 11.1 Å². The number of rotatable bonds is 2. The summed E-state index contributed by atoms with van der Waals surface area (Å²) >= 11 is 6.99. The summed E-state index contributed by atoms with van der Waals surface area (Å²) < 4.78 is 6.32. The maximum Gasteiger partial charge on any atom is 0.169 e. The maximum absolute atomic E-state index is 5.57. The van der Waals surface area contributed by atoms with Crippen molar-refractivity contribution in [1.82, 2.24) is 0 Å². The van der Waals surface area contributed by atoms with Crippen LogP contribution in [0.25, 0.3) is 0 Å². The van der Waals surface area contributed by atoms with Crippen molar-refractivity contribution < 1.29 is 4.42 Å². The summed E-state index contributed by atoms with van der Waals surface area (Å²) in [6.07, 6.45) is 0. The molecule has 0 aliphatic carbocycles. The van der Waals surface area contributed by atoms with Crippen LogP contribution in [-0.4, -0.2) is 0 Å². The van der Waals surface area contributed by atoms with Crippen molar-refractivity contribution in [3.63, 3.8) is 0 Å². The zero-order valence-corrected chi connectivity index (χ0v) is 13.9. The zero-order chi connectivity index (χ0) is 13.3. The third-order valence-electron chi connectivity index (χ3n) is 2.91. The fourth-order valence-corrected chi connectivity index (χ4v) is 2.65. The van der Waals surface area contributed by atoms with Gasteiger partial charge in [-0.3, -0.25) is 0 Å². The van der Waals surface area contributed by atoms with E-state index in [1.54, 1.807) is 0 Å². The second-order valence-electron chi connectivity index (χ2n) is 5.38. The molecule has 0 N–H and O–H groups in total. The Kier molecular flexibility index (Phi) is 4.02. The van der Waals surface area contributed by atoms with Gasteiger partial charge in [0.05, 0.1) is 4.83 Å². The Balaban J connectivity index is 2.24. The van der Waals surface area contributed by atoms with Crippen molar-refractivity contribution in [2.75, 3.05) is 0 Å². The van der Waals surface area contributed by atoms with Crippen molar-refractivity contribution in [3.05, 3.63) is 58.0 Å². The molecule has 1 heterocycles. The molecule has 0 saturated heterocycles. The molecule has 0 amide bonds. The van der Waals surface area contributed by atoms with E-state index in [2.05, 4.69) is 76.9 Å². The monoisotopic (exact) mass is 370 g/mol. The third-order valence-corrected chi connectivity index (χ3v) is 4.32. The molecule has 0 bridgehead atoms. The van der Waals surface area contributed by atoms with Crippen LogP contribution in [0.5, 0.6) is 0 Å². The van der Waals surface area contributed by atoms with Crippen molar-refractivity contribution in [3.8, 4) is 0 Å². The molecule has 1 unspecified atom stereocenters. The van der Waals surface area contributed by atoms with Crippen LogP contribution in [0.3, 0.4) is 0 Å². The van der Waals surface area contributed by atoms with Gasteiger partial charge in [-0.05, 0) is 44.6 Å². The summed E-state index contributed by atoms with van der Waals surface area (Å²) in [4.78, 5) is 0.0952. The van der Waals surface area contributed by atoms with Gasteiger partial charge < -0.3 is 4.42 Å². The van der Waals surface area contributed by atoms with E-state index in [-0.39, 0.29) is 10.2 Å². The van der Waals surface area contributed by atoms with Gasteiger partial charge in [-0.2, -0.15) is 0 Å². The van der Waals surface area contributed by atoms with Crippen LogP contribution >= 0.6 is 31.9 Å². The Morgan fingerprint density at radius 3 is 2.06 bits per heavy atom. The van der Waals surface area contributed by atoms with Crippen LogP contribution < -0.4 is 0 Å². The number of alkyl halides is 1. The molecule has 0 fully saturated rings. The Labute approximate surface area is 125 Å². The van der Waals surface area contributed by atoms with E-state index in [0.29, 0.717) is 0 Å². The molecule has 0 radical (unpaired) electrons. The van der Waals surface area contributed by atoms with E-state index < -0.39 is 0 Å². The van der Waals surface area contributed by atoms with Crippen LogP contribution in [-0.2, 0) is 5.41 Å². The summed E-state index contributed by atoms with van der Waals surface area (Å²) in [5.41, 5.74) is 2.73. The SMILES string of the molecule is CC(C)(C)c1ccc(C(Br)c2ccc(Br)o2)cc1. The Morgan fingerprint density at radius 2 is 1.61 bits per heavy atom. The molecule has 1 atom stereocenters. The van der Waals surface area contributed by atoms with Crippen molar-refractivity contribution >= 4 is 31.9 Å². The van der Waals surface area contributed by atoms with E-state index in [1.807, 2.05) is 12.1 Å². The Hall–Kier alpha value is -0.540. The second kappa shape index (κ2) is 5.22. The van der Waals surface area contributed by atoms with Crippen LogP contribution in [0, 0.1) is 0 Å². The van der Waals surface area contributed by atoms with Gasteiger partial charge >= 0.3 is 0 Å². The number of benzene rings is 1. The molecule has 1 aromatic heterocycles. The predicted octanol–water partition coefficient (Wildman–Crippen LogP) is 5.82. The maximum atomic E-state index is 5.57. The average Bonchev–Trinajstić information content (AvgIpc) is 2.74. The summed E-state index contributed by atoms with van der Waals surface area (Å²) in [5, 5.41) is 0. The Morgan fingerprint density at radius 1 is 1.00 bits per heavy atom. The average molecular weight is 372 g/mol. The first kappa shape index (κ1) is 13.9. The number of furan rings is 1. The summed E-state index contributed by atoms with van der Waals surface area (Å²) in [5.74, 6) is 0.908. The highest BCUT2D eigenvalue weighted by Gasteiger charge is 2.17. The first-order chi connectivity index (χ1) is 8.38. The lowest BCUT2D eigenvalue weighted by molar-refractivity contribution is 0.497. The normalized spacial score (nSPS) is 13.6. The van der Waals surface area contributed by atoms with Crippen LogP contribution in [0.2, 0.25) is 0 Å². The molecule has 1 aromatic carbocycles. The fraction of sp³-hybridized carbons (Fsp3) is 0.333. The van der Waals surface area contributed by atoms with Crippen LogP contribution in [0.4, 0.5) is 0 Å². The fourth-order valence-electron chi connectivity index (χ4n) is 1.78. The number of hydrogen-bond donors (Lipinski definition) is 0. The molecule has 2 aromatic rings. The van der Waals surface area contributed by atoms with Gasteiger partial charge in [-0.25, -0.2) is 0 Å². The molecule has 0 saturated carbocycles. The van der Waals surface area contributed by atoms with Gasteiger partial charge in [0.15, 0.2) is 4.67 Å². The van der Waals surface area contributed by atoms with Gasteiger partial charge in [0, 0.05) is 0 Å². The summed E-state index contributed by atoms with van der Waals surface area (Å²) in [6.45, 7) is 6.66. The molecule has 18 heavy (non-hydrogen) atoms. The van der Waals surface area contributed by atoms with Gasteiger partial charge in [-0.1, -0.05) is 61.0 Å². The van der Waals surface area contributed by atoms with Crippen LogP contribution in [0.15, 0.2) is 45.5 Å². The lowest BCUT2D eigenvalue weighted by Crippen LogP contribution is -2.10. The standard InChI is InChI=1S/C15H16Br2O/c1-15(2,3)11-6-4-10(5-7-11)14(17)12-8-9-13(16)18-12/h4-9,14H,1-3H3. The molecule has 2 rings (SSSR count). The first-order valence-electron chi connectivity index (χ1n) is 5.87. The topological polar surface area (TPSA) is 13.1 Å². The van der Waals surface area contributed by atoms with E-state index in [9.17, 15) is 0 Å². The summed E-state index contributed by atoms with van der Waals surface area (Å²) in [6, 6.07) is 12.5. The van der Waals surface area contributed by atoms with E-state index >= 15 is 0 Å². The van der Waals surface area contributed by atoms with Gasteiger partial charge in [0.25, 0.3) is 0 Å². The molecule has 0 aliphatic heterocycles. The van der Waals surface area contributed by atoms with Crippen molar-refractivity contribution in [2.45, 2.75) is 31.0 Å². The Bertz CT molecular complexity index is 520. The molecule has 96 valence electrons. The molecule has 0 spiro atoms. The third kappa shape index (κ3) is 3.07. The van der Waals surface area contributed by atoms with Crippen molar-refractivity contribution in [1.29, 1.82) is 0 Å². The van der Waals surface area contributed by atoms with Gasteiger partial charge in [-0.15, -0.1) is 0 Å². The minimum atomic E-state index is 0.0952. The number of hydrogen-bond acceptors (Lipinski definition) is 1. The zero-order valence-electron chi connectivity index (χ0n) is 10.7. The highest BCUT2D eigenvalue weighted by atomic mass is 79.9. The largest absolute Gasteiger partial charge is 0.453 e. The van der Waals surface area contributed by atoms with E-state index in [0.717, 1.165) is 10.4 Å². The second-order valence-corrected chi connectivity index (χ2v) is 7.07. The lowest BCUT2D eigenvalue weighted by atomic mass is 9.86. The predicted molar refractivity (Wildman–Crippen MR) is 82.3 cm³/mol. The quantitative estimate of drug-likeness (QED) is 0.605. The van der Waals surface area contributed by atoms with Crippen LogP contribution in [0.1, 0.15) is 42.5 Å². The van der Waals surface area contributed by atoms with E-state index in [4.69, 9.17) is 4.42 Å². The molecule has 1 nitrogen and oxygen atoms in total. The van der Waals surface area contributed by atoms with Crippen molar-refractivity contribution in [2.24, 2.45) is 0 Å². The molecular weight excluding hydrogens is 356 g/mol. The smallest absolute Gasteiger partial charge is 0.169 e. The molecule has 3 heteroatoms. The van der Waals surface area contributed by atoms with Gasteiger partial charge in [0.1, 0.15) is 5.76 Å². The first-order valence-corrected chi connectivity index (χ1v) is 7.58. The summed E-state index contributed by atoms with van der Waals surface area (Å²) in [7, 11) is 0. The minimum Gasteiger partial charge on any atom is -0.453 e. The number of halogens is 2. The van der Waals surface area contributed by atoms with Gasteiger partial charge in [0.2, 0.25) is 0 Å².